The van der Waals surface area contributed by atoms with Crippen molar-refractivity contribution >= 4 is 23.5 Å². The predicted octanol–water partition coefficient (Wildman–Crippen LogP) is 1.88. The first kappa shape index (κ1) is 15.7. The summed E-state index contributed by atoms with van der Waals surface area (Å²) in [5.74, 6) is -1.23. The minimum atomic E-state index is -0.571. The molecule has 1 unspecified atom stereocenters. The van der Waals surface area contributed by atoms with Gasteiger partial charge < -0.3 is 14.4 Å². The molecule has 1 saturated heterocycles. The van der Waals surface area contributed by atoms with Gasteiger partial charge in [-0.25, -0.2) is 4.39 Å². The number of methoxy groups -OCH3 is 1. The molecule has 1 aromatic rings. The van der Waals surface area contributed by atoms with E-state index in [0.717, 1.165) is 6.07 Å². The van der Waals surface area contributed by atoms with Gasteiger partial charge in [0.1, 0.15) is 5.82 Å². The molecule has 1 heterocycles. The topological polar surface area (TPSA) is 55.8 Å². The number of benzene rings is 1. The molecule has 1 amide bonds. The minimum Gasteiger partial charge on any atom is -0.469 e. The first-order valence-corrected chi connectivity index (χ1v) is 6.82. The molecule has 1 aliphatic rings. The largest absolute Gasteiger partial charge is 0.469 e. The standard InChI is InChI=1S/C14H15ClFNO4/c1-20-13(18)7-10-8-17(4-5-21-10)14(19)9-2-3-12(16)11(15)6-9/h2-3,6,10H,4-5,7-8H2,1H3. The Morgan fingerprint density at radius 1 is 1.52 bits per heavy atom. The van der Waals surface area contributed by atoms with Crippen LogP contribution in [0.1, 0.15) is 16.8 Å². The van der Waals surface area contributed by atoms with Crippen LogP contribution < -0.4 is 0 Å². The zero-order valence-corrected chi connectivity index (χ0v) is 12.2. The number of rotatable bonds is 3. The van der Waals surface area contributed by atoms with Crippen molar-refractivity contribution in [2.45, 2.75) is 12.5 Å². The van der Waals surface area contributed by atoms with Crippen molar-refractivity contribution in [2.75, 3.05) is 26.8 Å². The number of ether oxygens (including phenoxy) is 2. The molecule has 114 valence electrons. The summed E-state index contributed by atoms with van der Waals surface area (Å²) in [5, 5.41) is -0.0970. The third-order valence-corrected chi connectivity index (χ3v) is 3.50. The number of carbonyl (C=O) groups excluding carboxylic acids is 2. The number of esters is 1. The molecule has 7 heteroatoms. The van der Waals surface area contributed by atoms with Crippen LogP contribution in [0.25, 0.3) is 0 Å². The maximum atomic E-state index is 13.1. The molecular formula is C14H15ClFNO4. The fourth-order valence-corrected chi connectivity index (χ4v) is 2.29. The Morgan fingerprint density at radius 2 is 2.29 bits per heavy atom. The summed E-state index contributed by atoms with van der Waals surface area (Å²) < 4.78 is 23.1. The quantitative estimate of drug-likeness (QED) is 0.799. The lowest BCUT2D eigenvalue weighted by atomic mass is 10.1. The van der Waals surface area contributed by atoms with Gasteiger partial charge in [0.25, 0.3) is 5.91 Å². The fourth-order valence-electron chi connectivity index (χ4n) is 2.11. The molecule has 0 spiro atoms. The molecule has 0 aromatic heterocycles. The van der Waals surface area contributed by atoms with Crippen molar-refractivity contribution in [1.82, 2.24) is 4.90 Å². The lowest BCUT2D eigenvalue weighted by Crippen LogP contribution is -2.46. The number of hydrogen-bond donors (Lipinski definition) is 0. The third kappa shape index (κ3) is 3.92. The number of nitrogens with zero attached hydrogens (tertiary/aromatic N) is 1. The van der Waals surface area contributed by atoms with Gasteiger partial charge in [0.15, 0.2) is 0 Å². The zero-order chi connectivity index (χ0) is 15.4. The van der Waals surface area contributed by atoms with Gasteiger partial charge in [0, 0.05) is 18.7 Å². The number of morpholine rings is 1. The summed E-state index contributed by atoms with van der Waals surface area (Å²) in [6.07, 6.45) is -0.309. The second kappa shape index (κ2) is 6.87. The van der Waals surface area contributed by atoms with Crippen molar-refractivity contribution < 1.29 is 23.5 Å². The van der Waals surface area contributed by atoms with Gasteiger partial charge in [0.2, 0.25) is 0 Å². The van der Waals surface area contributed by atoms with Crippen molar-refractivity contribution in [3.05, 3.63) is 34.6 Å². The van der Waals surface area contributed by atoms with E-state index in [0.29, 0.717) is 18.7 Å². The third-order valence-electron chi connectivity index (χ3n) is 3.21. The Balaban J connectivity index is 2.04. The molecule has 1 fully saturated rings. The molecule has 0 radical (unpaired) electrons. The molecule has 1 aromatic carbocycles. The highest BCUT2D eigenvalue weighted by Crippen LogP contribution is 2.19. The van der Waals surface area contributed by atoms with Crippen molar-refractivity contribution in [3.8, 4) is 0 Å². The van der Waals surface area contributed by atoms with Gasteiger partial charge in [-0.05, 0) is 18.2 Å². The second-order valence-corrected chi connectivity index (χ2v) is 5.06. The molecule has 0 saturated carbocycles. The van der Waals surface area contributed by atoms with Crippen LogP contribution in [0, 0.1) is 5.82 Å². The highest BCUT2D eigenvalue weighted by Gasteiger charge is 2.27. The van der Waals surface area contributed by atoms with E-state index in [9.17, 15) is 14.0 Å². The predicted molar refractivity (Wildman–Crippen MR) is 73.7 cm³/mol. The maximum Gasteiger partial charge on any atom is 0.308 e. The smallest absolute Gasteiger partial charge is 0.308 e. The van der Waals surface area contributed by atoms with Gasteiger partial charge in [-0.15, -0.1) is 0 Å². The first-order chi connectivity index (χ1) is 10.0. The fraction of sp³-hybridized carbons (Fsp3) is 0.429. The number of amides is 1. The summed E-state index contributed by atoms with van der Waals surface area (Å²) in [6.45, 7) is 1.02. The van der Waals surface area contributed by atoms with Crippen LogP contribution in [0.5, 0.6) is 0 Å². The Labute approximate surface area is 126 Å². The van der Waals surface area contributed by atoms with Crippen LogP contribution in [0.3, 0.4) is 0 Å². The van der Waals surface area contributed by atoms with E-state index in [2.05, 4.69) is 4.74 Å². The van der Waals surface area contributed by atoms with Crippen LogP contribution in [-0.2, 0) is 14.3 Å². The van der Waals surface area contributed by atoms with E-state index >= 15 is 0 Å². The highest BCUT2D eigenvalue weighted by atomic mass is 35.5. The lowest BCUT2D eigenvalue weighted by Gasteiger charge is -2.32. The lowest BCUT2D eigenvalue weighted by molar-refractivity contribution is -0.145. The summed E-state index contributed by atoms with van der Waals surface area (Å²) >= 11 is 5.68. The second-order valence-electron chi connectivity index (χ2n) is 4.65. The molecule has 0 N–H and O–H groups in total. The van der Waals surface area contributed by atoms with E-state index in [4.69, 9.17) is 16.3 Å². The monoisotopic (exact) mass is 315 g/mol. The van der Waals surface area contributed by atoms with E-state index in [1.165, 1.54) is 19.2 Å². The van der Waals surface area contributed by atoms with Gasteiger partial charge in [-0.3, -0.25) is 9.59 Å². The minimum absolute atomic E-state index is 0.0878. The van der Waals surface area contributed by atoms with Gasteiger partial charge in [-0.1, -0.05) is 11.6 Å². The van der Waals surface area contributed by atoms with Crippen LogP contribution >= 0.6 is 11.6 Å². The van der Waals surface area contributed by atoms with Gasteiger partial charge >= 0.3 is 5.97 Å². The maximum absolute atomic E-state index is 13.1. The van der Waals surface area contributed by atoms with Crippen LogP contribution in [-0.4, -0.2) is 49.7 Å². The van der Waals surface area contributed by atoms with Crippen molar-refractivity contribution in [1.29, 1.82) is 0 Å². The molecule has 1 aliphatic heterocycles. The Kier molecular flexibility index (Phi) is 5.14. The average molecular weight is 316 g/mol. The summed E-state index contributed by atoms with van der Waals surface area (Å²) in [6, 6.07) is 3.83. The SMILES string of the molecule is COC(=O)CC1CN(C(=O)c2ccc(F)c(Cl)c2)CCO1. The molecular weight excluding hydrogens is 301 g/mol. The molecule has 2 rings (SSSR count). The number of carbonyl (C=O) groups is 2. The number of hydrogen-bond acceptors (Lipinski definition) is 4. The van der Waals surface area contributed by atoms with E-state index in [1.54, 1.807) is 4.90 Å². The summed E-state index contributed by atoms with van der Waals surface area (Å²) in [7, 11) is 1.30. The summed E-state index contributed by atoms with van der Waals surface area (Å²) in [4.78, 5) is 25.1. The molecule has 1 atom stereocenters. The first-order valence-electron chi connectivity index (χ1n) is 6.44. The molecule has 0 aliphatic carbocycles. The van der Waals surface area contributed by atoms with Crippen LogP contribution in [0.2, 0.25) is 5.02 Å². The average Bonchev–Trinajstić information content (AvgIpc) is 2.49. The molecule has 21 heavy (non-hydrogen) atoms. The van der Waals surface area contributed by atoms with Gasteiger partial charge in [-0.2, -0.15) is 0 Å². The van der Waals surface area contributed by atoms with Crippen LogP contribution in [0.4, 0.5) is 4.39 Å². The zero-order valence-electron chi connectivity index (χ0n) is 11.5. The van der Waals surface area contributed by atoms with E-state index < -0.39 is 11.9 Å². The normalized spacial score (nSPS) is 18.4. The highest BCUT2D eigenvalue weighted by molar-refractivity contribution is 6.31. The Bertz CT molecular complexity index is 552. The Hall–Kier alpha value is -1.66. The van der Waals surface area contributed by atoms with Crippen LogP contribution in [0.15, 0.2) is 18.2 Å². The number of halogens is 2. The summed E-state index contributed by atoms with van der Waals surface area (Å²) in [5.41, 5.74) is 0.306. The molecule has 5 nitrogen and oxygen atoms in total. The van der Waals surface area contributed by atoms with Gasteiger partial charge in [0.05, 0.1) is 31.3 Å². The van der Waals surface area contributed by atoms with Crippen molar-refractivity contribution in [3.63, 3.8) is 0 Å². The van der Waals surface area contributed by atoms with Crippen molar-refractivity contribution in [2.24, 2.45) is 0 Å². The Morgan fingerprint density at radius 3 is 2.95 bits per heavy atom. The van der Waals surface area contributed by atoms with E-state index in [-0.39, 0.29) is 29.9 Å². The van der Waals surface area contributed by atoms with E-state index in [1.807, 2.05) is 0 Å². The molecule has 0 bridgehead atoms.